The van der Waals surface area contributed by atoms with Gasteiger partial charge in [-0.25, -0.2) is 8.78 Å². The molecule has 0 aliphatic carbocycles. The Kier molecular flexibility index (Phi) is 5.07. The van der Waals surface area contributed by atoms with Gasteiger partial charge in [0.2, 0.25) is 0 Å². The number of hydrogen-bond donors (Lipinski definition) is 0. The van der Waals surface area contributed by atoms with Crippen molar-refractivity contribution in [2.24, 2.45) is 0 Å². The van der Waals surface area contributed by atoms with E-state index in [4.69, 9.17) is 0 Å². The molecule has 0 saturated heterocycles. The van der Waals surface area contributed by atoms with Crippen LogP contribution in [-0.2, 0) is 4.74 Å². The van der Waals surface area contributed by atoms with E-state index in [0.29, 0.717) is 0 Å². The zero-order chi connectivity index (χ0) is 18.4. The number of methoxy groups -OCH3 is 1. The highest BCUT2D eigenvalue weighted by molar-refractivity contribution is 5.10. The van der Waals surface area contributed by atoms with Crippen molar-refractivity contribution in [2.75, 3.05) is 7.11 Å². The summed E-state index contributed by atoms with van der Waals surface area (Å²) in [5.41, 5.74) is -6.72. The molecule has 1 nitrogen and oxygen atoms in total. The van der Waals surface area contributed by atoms with E-state index in [1.54, 1.807) is 0 Å². The standard InChI is InChI=1S/C8H5F13O/c1-22-6(15,5(13,14)8(19,20)21)3(9,7(16,17)18)2-4(10,11)12/h2H2,1H3. The van der Waals surface area contributed by atoms with E-state index in [1.807, 2.05) is 0 Å². The summed E-state index contributed by atoms with van der Waals surface area (Å²) >= 11 is 0. The smallest absolute Gasteiger partial charge is 0.342 e. The zero-order valence-electron chi connectivity index (χ0n) is 10.0. The summed E-state index contributed by atoms with van der Waals surface area (Å²) in [5, 5.41) is 0. The van der Waals surface area contributed by atoms with Gasteiger partial charge in [-0.05, 0) is 0 Å². The predicted octanol–water partition coefficient (Wildman–Crippen LogP) is 4.72. The second-order valence-electron chi connectivity index (χ2n) is 3.96. The molecule has 2 unspecified atom stereocenters. The molecule has 0 aromatic carbocycles. The van der Waals surface area contributed by atoms with E-state index in [1.165, 1.54) is 0 Å². The Morgan fingerprint density at radius 2 is 1.00 bits per heavy atom. The molecule has 0 amide bonds. The minimum atomic E-state index is -7.23. The predicted molar refractivity (Wildman–Crippen MR) is 42.4 cm³/mol. The molecule has 0 aliphatic heterocycles. The van der Waals surface area contributed by atoms with Crippen molar-refractivity contribution in [1.82, 2.24) is 0 Å². The molecule has 0 rings (SSSR count). The van der Waals surface area contributed by atoms with Gasteiger partial charge >= 0.3 is 30.3 Å². The summed E-state index contributed by atoms with van der Waals surface area (Å²) in [6.07, 6.45) is -24.5. The van der Waals surface area contributed by atoms with Crippen LogP contribution in [0.25, 0.3) is 0 Å². The molecule has 14 heteroatoms. The van der Waals surface area contributed by atoms with Crippen LogP contribution in [0.5, 0.6) is 0 Å². The van der Waals surface area contributed by atoms with Gasteiger partial charge in [0.1, 0.15) is 0 Å². The second-order valence-corrected chi connectivity index (χ2v) is 3.96. The minimum Gasteiger partial charge on any atom is -0.342 e. The first-order valence-corrected chi connectivity index (χ1v) is 4.78. The molecular formula is C8H5F13O. The molecule has 134 valence electrons. The lowest BCUT2D eigenvalue weighted by molar-refractivity contribution is -0.444. The van der Waals surface area contributed by atoms with Gasteiger partial charge in [-0.1, -0.05) is 0 Å². The van der Waals surface area contributed by atoms with Crippen LogP contribution >= 0.6 is 0 Å². The Hall–Kier alpha value is -0.950. The van der Waals surface area contributed by atoms with Gasteiger partial charge in [0, 0.05) is 7.11 Å². The summed E-state index contributed by atoms with van der Waals surface area (Å²) in [6, 6.07) is 0. The molecule has 0 aromatic heterocycles. The number of halogens is 13. The number of alkyl halides is 13. The normalized spacial score (nSPS) is 20.5. The summed E-state index contributed by atoms with van der Waals surface area (Å²) in [6.45, 7) is 0. The van der Waals surface area contributed by atoms with Crippen molar-refractivity contribution < 1.29 is 61.8 Å². The largest absolute Gasteiger partial charge is 0.459 e. The van der Waals surface area contributed by atoms with Crippen molar-refractivity contribution in [2.45, 2.75) is 42.4 Å². The summed E-state index contributed by atoms with van der Waals surface area (Å²) in [7, 11) is -0.559. The Morgan fingerprint density at radius 1 is 0.636 bits per heavy atom. The van der Waals surface area contributed by atoms with Gasteiger partial charge in [0.05, 0.1) is 6.42 Å². The topological polar surface area (TPSA) is 9.23 Å². The van der Waals surface area contributed by atoms with Gasteiger partial charge in [-0.2, -0.15) is 48.3 Å². The Labute approximate surface area is 113 Å². The summed E-state index contributed by atoms with van der Waals surface area (Å²) in [5.74, 6) is -13.9. The van der Waals surface area contributed by atoms with E-state index in [9.17, 15) is 57.1 Å². The molecule has 0 aliphatic rings. The number of rotatable bonds is 4. The van der Waals surface area contributed by atoms with E-state index < -0.39 is 49.5 Å². The lowest BCUT2D eigenvalue weighted by atomic mass is 9.86. The van der Waals surface area contributed by atoms with Crippen LogP contribution in [0.4, 0.5) is 57.1 Å². The lowest BCUT2D eigenvalue weighted by Gasteiger charge is -2.43. The van der Waals surface area contributed by atoms with Gasteiger partial charge < -0.3 is 4.74 Å². The Balaban J connectivity index is 6.43. The zero-order valence-corrected chi connectivity index (χ0v) is 10.0. The third-order valence-electron chi connectivity index (χ3n) is 2.44. The maximum Gasteiger partial charge on any atom is 0.459 e. The molecule has 0 N–H and O–H groups in total. The highest BCUT2D eigenvalue weighted by Crippen LogP contribution is 2.59. The molecule has 22 heavy (non-hydrogen) atoms. The lowest BCUT2D eigenvalue weighted by Crippen LogP contribution is -2.71. The van der Waals surface area contributed by atoms with Gasteiger partial charge in [-0.3, -0.25) is 0 Å². The average molecular weight is 364 g/mol. The van der Waals surface area contributed by atoms with Crippen LogP contribution in [0.1, 0.15) is 6.42 Å². The average Bonchev–Trinajstić information content (AvgIpc) is 2.21. The number of hydrogen-bond acceptors (Lipinski definition) is 1. The van der Waals surface area contributed by atoms with Crippen LogP contribution in [0.15, 0.2) is 0 Å². The van der Waals surface area contributed by atoms with Crippen molar-refractivity contribution in [1.29, 1.82) is 0 Å². The molecule has 2 atom stereocenters. The Bertz CT molecular complexity index is 390. The van der Waals surface area contributed by atoms with E-state index in [-0.39, 0.29) is 0 Å². The Morgan fingerprint density at radius 3 is 1.18 bits per heavy atom. The van der Waals surface area contributed by atoms with Crippen LogP contribution in [0.2, 0.25) is 0 Å². The fraction of sp³-hybridized carbons (Fsp3) is 1.00. The van der Waals surface area contributed by atoms with E-state index >= 15 is 0 Å². The monoisotopic (exact) mass is 364 g/mol. The molecule has 0 saturated carbocycles. The van der Waals surface area contributed by atoms with Crippen LogP contribution in [-0.4, -0.2) is 43.1 Å². The fourth-order valence-corrected chi connectivity index (χ4v) is 1.39. The summed E-state index contributed by atoms with van der Waals surface area (Å²) < 4.78 is 164. The maximum absolute atomic E-state index is 13.6. The molecule has 0 aromatic rings. The van der Waals surface area contributed by atoms with E-state index in [2.05, 4.69) is 4.74 Å². The third kappa shape index (κ3) is 3.20. The highest BCUT2D eigenvalue weighted by Gasteiger charge is 2.87. The molecule has 0 radical (unpaired) electrons. The first-order chi connectivity index (χ1) is 9.27. The molecule has 0 heterocycles. The van der Waals surface area contributed by atoms with E-state index in [0.717, 1.165) is 0 Å². The van der Waals surface area contributed by atoms with Gasteiger partial charge in [0.25, 0.3) is 5.67 Å². The maximum atomic E-state index is 13.6. The highest BCUT2D eigenvalue weighted by atomic mass is 19.4. The molecule has 0 spiro atoms. The van der Waals surface area contributed by atoms with Crippen LogP contribution < -0.4 is 0 Å². The molecular weight excluding hydrogens is 359 g/mol. The van der Waals surface area contributed by atoms with Crippen molar-refractivity contribution in [3.8, 4) is 0 Å². The molecule has 0 fully saturated rings. The fourth-order valence-electron chi connectivity index (χ4n) is 1.39. The molecule has 0 bridgehead atoms. The second kappa shape index (κ2) is 5.30. The first-order valence-electron chi connectivity index (χ1n) is 4.78. The summed E-state index contributed by atoms with van der Waals surface area (Å²) in [4.78, 5) is 0. The minimum absolute atomic E-state index is 0.559. The van der Waals surface area contributed by atoms with Crippen LogP contribution in [0, 0.1) is 0 Å². The van der Waals surface area contributed by atoms with Crippen molar-refractivity contribution in [3.05, 3.63) is 0 Å². The van der Waals surface area contributed by atoms with Crippen molar-refractivity contribution in [3.63, 3.8) is 0 Å². The SMILES string of the molecule is COC(F)(C(F)(F)C(F)(F)F)C(F)(CC(F)(F)F)C(F)(F)F. The van der Waals surface area contributed by atoms with Crippen molar-refractivity contribution >= 4 is 0 Å². The van der Waals surface area contributed by atoms with Crippen LogP contribution in [0.3, 0.4) is 0 Å². The number of ether oxygens (including phenoxy) is 1. The third-order valence-corrected chi connectivity index (χ3v) is 2.44. The van der Waals surface area contributed by atoms with Gasteiger partial charge in [-0.15, -0.1) is 0 Å². The van der Waals surface area contributed by atoms with Gasteiger partial charge in [0.15, 0.2) is 0 Å². The quantitative estimate of drug-likeness (QED) is 0.656. The first kappa shape index (κ1) is 21.0.